The molecule has 2 aromatic carbocycles. The Morgan fingerprint density at radius 2 is 1.77 bits per heavy atom. The Bertz CT molecular complexity index is 976. The van der Waals surface area contributed by atoms with Crippen LogP contribution in [0.2, 0.25) is 0 Å². The van der Waals surface area contributed by atoms with Crippen molar-refractivity contribution >= 4 is 23.0 Å². The SMILES string of the molecule is COc1ccc(C(C)(C)C)cc1NC(=O)c1ccc(N2CCN(C)CC2)c([N+](=O)[O-])c1. The molecule has 1 N–H and O–H groups in total. The first-order valence-corrected chi connectivity index (χ1v) is 10.3. The van der Waals surface area contributed by atoms with Crippen LogP contribution in [0.5, 0.6) is 5.75 Å². The number of likely N-dealkylation sites (N-methyl/N-ethyl adjacent to an activating group) is 1. The fourth-order valence-electron chi connectivity index (χ4n) is 3.59. The molecule has 0 aliphatic carbocycles. The predicted octanol–water partition coefficient (Wildman–Crippen LogP) is 3.91. The molecule has 1 aliphatic heterocycles. The minimum atomic E-state index is -0.425. The van der Waals surface area contributed by atoms with E-state index in [4.69, 9.17) is 4.74 Å². The van der Waals surface area contributed by atoms with Gasteiger partial charge in [-0.2, -0.15) is 0 Å². The van der Waals surface area contributed by atoms with E-state index in [9.17, 15) is 14.9 Å². The number of nitro groups is 1. The van der Waals surface area contributed by atoms with E-state index >= 15 is 0 Å². The lowest BCUT2D eigenvalue weighted by atomic mass is 9.87. The molecule has 1 amide bonds. The van der Waals surface area contributed by atoms with E-state index in [1.807, 2.05) is 30.1 Å². The number of carbonyl (C=O) groups is 1. The summed E-state index contributed by atoms with van der Waals surface area (Å²) in [6.45, 7) is 9.34. The molecule has 0 aromatic heterocycles. The highest BCUT2D eigenvalue weighted by molar-refractivity contribution is 6.06. The van der Waals surface area contributed by atoms with Crippen molar-refractivity contribution in [2.75, 3.05) is 50.6 Å². The van der Waals surface area contributed by atoms with Crippen molar-refractivity contribution in [3.8, 4) is 5.75 Å². The van der Waals surface area contributed by atoms with Crippen molar-refractivity contribution in [3.05, 3.63) is 57.6 Å². The van der Waals surface area contributed by atoms with E-state index in [1.165, 1.54) is 13.2 Å². The number of benzene rings is 2. The topological polar surface area (TPSA) is 88.0 Å². The van der Waals surface area contributed by atoms with Gasteiger partial charge in [0.1, 0.15) is 11.4 Å². The van der Waals surface area contributed by atoms with Crippen LogP contribution in [0.1, 0.15) is 36.7 Å². The number of carbonyl (C=O) groups excluding carboxylic acids is 1. The van der Waals surface area contributed by atoms with Crippen LogP contribution in [0.25, 0.3) is 0 Å². The van der Waals surface area contributed by atoms with Gasteiger partial charge in [0.05, 0.1) is 17.7 Å². The van der Waals surface area contributed by atoms with Gasteiger partial charge < -0.3 is 19.9 Å². The maximum Gasteiger partial charge on any atom is 0.293 e. The summed E-state index contributed by atoms with van der Waals surface area (Å²) in [6.07, 6.45) is 0. The molecular weight excluding hydrogens is 396 g/mol. The van der Waals surface area contributed by atoms with Crippen LogP contribution in [-0.4, -0.2) is 56.1 Å². The summed E-state index contributed by atoms with van der Waals surface area (Å²) in [4.78, 5) is 28.4. The lowest BCUT2D eigenvalue weighted by Gasteiger charge is -2.33. The number of hydrogen-bond acceptors (Lipinski definition) is 6. The lowest BCUT2D eigenvalue weighted by Crippen LogP contribution is -2.44. The Morgan fingerprint density at radius 1 is 1.10 bits per heavy atom. The normalized spacial score (nSPS) is 14.9. The Labute approximate surface area is 182 Å². The highest BCUT2D eigenvalue weighted by Crippen LogP contribution is 2.33. The zero-order valence-electron chi connectivity index (χ0n) is 18.8. The van der Waals surface area contributed by atoms with E-state index in [1.54, 1.807) is 12.1 Å². The van der Waals surface area contributed by atoms with Gasteiger partial charge in [-0.05, 0) is 42.3 Å². The van der Waals surface area contributed by atoms with E-state index in [-0.39, 0.29) is 16.7 Å². The number of ether oxygens (including phenoxy) is 1. The van der Waals surface area contributed by atoms with Crippen molar-refractivity contribution in [1.29, 1.82) is 0 Å². The Hall–Kier alpha value is -3.13. The van der Waals surface area contributed by atoms with Crippen molar-refractivity contribution in [2.45, 2.75) is 26.2 Å². The Balaban J connectivity index is 1.89. The molecule has 1 aliphatic rings. The fraction of sp³-hybridized carbons (Fsp3) is 0.435. The molecule has 0 unspecified atom stereocenters. The Morgan fingerprint density at radius 3 is 2.35 bits per heavy atom. The summed E-state index contributed by atoms with van der Waals surface area (Å²) in [5, 5.41) is 14.6. The highest BCUT2D eigenvalue weighted by Gasteiger charge is 2.25. The molecule has 0 spiro atoms. The third-order valence-electron chi connectivity index (χ3n) is 5.59. The van der Waals surface area contributed by atoms with Crippen LogP contribution in [-0.2, 0) is 5.41 Å². The molecule has 2 aromatic rings. The fourth-order valence-corrected chi connectivity index (χ4v) is 3.59. The minimum absolute atomic E-state index is 0.0624. The van der Waals surface area contributed by atoms with Crippen molar-refractivity contribution in [1.82, 2.24) is 4.90 Å². The van der Waals surface area contributed by atoms with Gasteiger partial charge in [-0.25, -0.2) is 0 Å². The molecule has 166 valence electrons. The zero-order chi connectivity index (χ0) is 22.8. The molecule has 31 heavy (non-hydrogen) atoms. The van der Waals surface area contributed by atoms with Gasteiger partial charge >= 0.3 is 0 Å². The van der Waals surface area contributed by atoms with Crippen LogP contribution in [0.4, 0.5) is 17.1 Å². The molecule has 1 fully saturated rings. The number of rotatable bonds is 5. The van der Waals surface area contributed by atoms with E-state index < -0.39 is 10.8 Å². The van der Waals surface area contributed by atoms with Crippen molar-refractivity contribution in [3.63, 3.8) is 0 Å². The van der Waals surface area contributed by atoms with Crippen molar-refractivity contribution < 1.29 is 14.5 Å². The summed E-state index contributed by atoms with van der Waals surface area (Å²) >= 11 is 0. The molecule has 8 nitrogen and oxygen atoms in total. The third kappa shape index (κ3) is 5.14. The zero-order valence-corrected chi connectivity index (χ0v) is 18.8. The number of nitrogens with one attached hydrogen (secondary N) is 1. The number of amides is 1. The van der Waals surface area contributed by atoms with E-state index in [2.05, 4.69) is 31.0 Å². The van der Waals surface area contributed by atoms with E-state index in [0.29, 0.717) is 30.2 Å². The average Bonchev–Trinajstić information content (AvgIpc) is 2.73. The molecule has 0 atom stereocenters. The first kappa shape index (κ1) is 22.6. The van der Waals surface area contributed by atoms with Gasteiger partial charge in [-0.3, -0.25) is 14.9 Å². The molecule has 8 heteroatoms. The van der Waals surface area contributed by atoms with Gasteiger partial charge in [0.25, 0.3) is 11.6 Å². The number of piperazine rings is 1. The number of hydrogen-bond donors (Lipinski definition) is 1. The number of nitrogens with zero attached hydrogens (tertiary/aromatic N) is 3. The predicted molar refractivity (Wildman–Crippen MR) is 122 cm³/mol. The molecule has 1 saturated heterocycles. The number of nitro benzene ring substituents is 1. The maximum absolute atomic E-state index is 12.9. The largest absolute Gasteiger partial charge is 0.495 e. The molecule has 0 saturated carbocycles. The minimum Gasteiger partial charge on any atom is -0.495 e. The maximum atomic E-state index is 12.9. The number of anilines is 2. The van der Waals surface area contributed by atoms with Crippen molar-refractivity contribution in [2.24, 2.45) is 0 Å². The molecule has 0 radical (unpaired) electrons. The highest BCUT2D eigenvalue weighted by atomic mass is 16.6. The first-order chi connectivity index (χ1) is 14.6. The summed E-state index contributed by atoms with van der Waals surface area (Å²) in [7, 11) is 3.57. The standard InChI is InChI=1S/C23H30N4O4/c1-23(2,3)17-7-9-21(31-5)18(15-17)24-22(28)16-6-8-19(20(14-16)27(29)30)26-12-10-25(4)11-13-26/h6-9,14-15H,10-13H2,1-5H3,(H,24,28). The van der Waals surface area contributed by atoms with Gasteiger partial charge in [0.15, 0.2) is 0 Å². The summed E-state index contributed by atoms with van der Waals surface area (Å²) in [5.41, 5.74) is 2.18. The van der Waals surface area contributed by atoms with E-state index in [0.717, 1.165) is 18.7 Å². The van der Waals surface area contributed by atoms with Crippen LogP contribution in [0.3, 0.4) is 0 Å². The molecule has 3 rings (SSSR count). The Kier molecular flexibility index (Phi) is 6.50. The van der Waals surface area contributed by atoms with Gasteiger partial charge in [-0.15, -0.1) is 0 Å². The second-order valence-corrected chi connectivity index (χ2v) is 8.87. The lowest BCUT2D eigenvalue weighted by molar-refractivity contribution is -0.384. The number of methoxy groups -OCH3 is 1. The van der Waals surface area contributed by atoms with Gasteiger partial charge in [0, 0.05) is 37.8 Å². The third-order valence-corrected chi connectivity index (χ3v) is 5.59. The molecule has 1 heterocycles. The summed E-state index contributed by atoms with van der Waals surface area (Å²) < 4.78 is 5.39. The van der Waals surface area contributed by atoms with Gasteiger partial charge in [-0.1, -0.05) is 26.8 Å². The van der Waals surface area contributed by atoms with Crippen LogP contribution in [0.15, 0.2) is 36.4 Å². The second kappa shape index (κ2) is 8.93. The van der Waals surface area contributed by atoms with Gasteiger partial charge in [0.2, 0.25) is 0 Å². The molecular formula is C23H30N4O4. The summed E-state index contributed by atoms with van der Waals surface area (Å²) in [6, 6.07) is 10.3. The summed E-state index contributed by atoms with van der Waals surface area (Å²) in [5.74, 6) is 0.113. The van der Waals surface area contributed by atoms with Crippen LogP contribution < -0.4 is 15.0 Å². The molecule has 0 bridgehead atoms. The van der Waals surface area contributed by atoms with Crippen LogP contribution in [0, 0.1) is 10.1 Å². The second-order valence-electron chi connectivity index (χ2n) is 8.87. The van der Waals surface area contributed by atoms with Crippen LogP contribution >= 0.6 is 0 Å². The smallest absolute Gasteiger partial charge is 0.293 e. The monoisotopic (exact) mass is 426 g/mol. The first-order valence-electron chi connectivity index (χ1n) is 10.3. The quantitative estimate of drug-likeness (QED) is 0.576. The average molecular weight is 427 g/mol.